The van der Waals surface area contributed by atoms with Gasteiger partial charge in [0.05, 0.1) is 18.4 Å². The third-order valence-corrected chi connectivity index (χ3v) is 6.11. The van der Waals surface area contributed by atoms with Crippen LogP contribution in [0.15, 0.2) is 30.6 Å². The molecule has 3 aromatic rings. The lowest BCUT2D eigenvalue weighted by molar-refractivity contribution is 0.00736. The van der Waals surface area contributed by atoms with Crippen LogP contribution in [0.2, 0.25) is 0 Å². The van der Waals surface area contributed by atoms with Gasteiger partial charge in [0, 0.05) is 31.0 Å². The zero-order valence-corrected chi connectivity index (χ0v) is 17.4. The van der Waals surface area contributed by atoms with E-state index in [-0.39, 0.29) is 24.4 Å². The van der Waals surface area contributed by atoms with Gasteiger partial charge in [0.25, 0.3) is 0 Å². The van der Waals surface area contributed by atoms with Crippen LogP contribution in [0.3, 0.4) is 0 Å². The van der Waals surface area contributed by atoms with E-state index in [2.05, 4.69) is 25.8 Å². The van der Waals surface area contributed by atoms with Crippen molar-refractivity contribution in [1.29, 1.82) is 0 Å². The number of halogens is 4. The van der Waals surface area contributed by atoms with Crippen LogP contribution in [0.5, 0.6) is 0 Å². The topological polar surface area (TPSA) is 87.5 Å². The lowest BCUT2D eigenvalue weighted by atomic mass is 10.0. The number of anilines is 2. The number of aromatic nitrogens is 4. The molecule has 2 amide bonds. The molecule has 2 atom stereocenters. The molecule has 1 aliphatic carbocycles. The summed E-state index contributed by atoms with van der Waals surface area (Å²) in [7, 11) is 0. The number of rotatable bonds is 4. The zero-order valence-electron chi connectivity index (χ0n) is 17.4. The predicted molar refractivity (Wildman–Crippen MR) is 111 cm³/mol. The summed E-state index contributed by atoms with van der Waals surface area (Å²) in [5.41, 5.74) is 0.610. The van der Waals surface area contributed by atoms with Gasteiger partial charge in [-0.25, -0.2) is 27.3 Å². The molecule has 0 spiro atoms. The number of benzene rings is 1. The van der Waals surface area contributed by atoms with Crippen LogP contribution >= 0.6 is 0 Å². The van der Waals surface area contributed by atoms with Gasteiger partial charge >= 0.3 is 6.03 Å². The van der Waals surface area contributed by atoms with Gasteiger partial charge in [-0.2, -0.15) is 0 Å². The van der Waals surface area contributed by atoms with E-state index in [0.29, 0.717) is 24.4 Å². The number of amides is 2. The Bertz CT molecular complexity index is 1200. The van der Waals surface area contributed by atoms with Crippen molar-refractivity contribution in [2.75, 3.05) is 16.8 Å². The zero-order chi connectivity index (χ0) is 23.2. The highest BCUT2D eigenvalue weighted by Crippen LogP contribution is 2.37. The Morgan fingerprint density at radius 3 is 2.82 bits per heavy atom. The third kappa shape index (κ3) is 4.29. The number of nitrogens with zero attached hydrogens (tertiary/aromatic N) is 5. The van der Waals surface area contributed by atoms with Crippen molar-refractivity contribution in [3.63, 3.8) is 0 Å². The predicted octanol–water partition coefficient (Wildman–Crippen LogP) is 4.05. The van der Waals surface area contributed by atoms with Gasteiger partial charge in [-0.3, -0.25) is 9.72 Å². The maximum Gasteiger partial charge on any atom is 0.321 e. The number of nitrogens with one attached hydrogen (secondary N) is 2. The molecule has 33 heavy (non-hydrogen) atoms. The van der Waals surface area contributed by atoms with Gasteiger partial charge in [0.1, 0.15) is 17.5 Å². The number of urea groups is 1. The molecule has 0 radical (unpaired) electrons. The first-order chi connectivity index (χ1) is 15.8. The Morgan fingerprint density at radius 2 is 2.03 bits per heavy atom. The number of carbonyl (C=O) groups is 1. The molecule has 3 heterocycles. The number of fused-ring (bicyclic) bond motifs is 1. The van der Waals surface area contributed by atoms with Gasteiger partial charge < -0.3 is 10.2 Å². The maximum absolute atomic E-state index is 14.4. The van der Waals surface area contributed by atoms with E-state index in [1.165, 1.54) is 16.7 Å². The summed E-state index contributed by atoms with van der Waals surface area (Å²) in [5.74, 6) is -3.21. The van der Waals surface area contributed by atoms with E-state index < -0.39 is 42.1 Å². The smallest absolute Gasteiger partial charge is 0.321 e. The van der Waals surface area contributed by atoms with Gasteiger partial charge in [0.2, 0.25) is 11.9 Å². The molecular formula is C21H21F4N7O. The lowest BCUT2D eigenvalue weighted by Crippen LogP contribution is -2.37. The Hall–Kier alpha value is -3.44. The first kappa shape index (κ1) is 21.4. The SMILES string of the molecule is O=C(Nc1nnc2cnc(N3CCC[C@@H]3c3cc(F)ccc3F)cn12)N[C@@H]1CCC(F)(F)C1. The van der Waals surface area contributed by atoms with Gasteiger partial charge in [-0.05, 0) is 37.5 Å². The monoisotopic (exact) mass is 463 g/mol. The fourth-order valence-corrected chi connectivity index (χ4v) is 4.56. The summed E-state index contributed by atoms with van der Waals surface area (Å²) >= 11 is 0. The second kappa shape index (κ2) is 8.16. The van der Waals surface area contributed by atoms with Crippen LogP contribution in [0, 0.1) is 11.6 Å². The molecule has 12 heteroatoms. The first-order valence-electron chi connectivity index (χ1n) is 10.7. The molecular weight excluding hydrogens is 442 g/mol. The van der Waals surface area contributed by atoms with Gasteiger partial charge in [0.15, 0.2) is 5.65 Å². The number of alkyl halides is 2. The van der Waals surface area contributed by atoms with E-state index in [9.17, 15) is 22.4 Å². The van der Waals surface area contributed by atoms with Crippen molar-refractivity contribution in [1.82, 2.24) is 24.9 Å². The molecule has 1 aliphatic heterocycles. The highest BCUT2D eigenvalue weighted by molar-refractivity contribution is 5.88. The van der Waals surface area contributed by atoms with Crippen LogP contribution in [-0.4, -0.2) is 44.1 Å². The van der Waals surface area contributed by atoms with Gasteiger partial charge in [-0.15, -0.1) is 10.2 Å². The Kier molecular flexibility index (Phi) is 5.29. The normalized spacial score (nSPS) is 22.1. The van der Waals surface area contributed by atoms with E-state index in [1.54, 1.807) is 6.20 Å². The van der Waals surface area contributed by atoms with E-state index in [1.807, 2.05) is 4.90 Å². The van der Waals surface area contributed by atoms with Crippen molar-refractivity contribution >= 4 is 23.4 Å². The highest BCUT2D eigenvalue weighted by Gasteiger charge is 2.40. The quantitative estimate of drug-likeness (QED) is 0.570. The average molecular weight is 463 g/mol. The lowest BCUT2D eigenvalue weighted by Gasteiger charge is -2.26. The van der Waals surface area contributed by atoms with Crippen molar-refractivity contribution < 1.29 is 22.4 Å². The molecule has 0 unspecified atom stereocenters. The van der Waals surface area contributed by atoms with Gasteiger partial charge in [-0.1, -0.05) is 0 Å². The minimum atomic E-state index is -2.77. The van der Waals surface area contributed by atoms with Crippen LogP contribution < -0.4 is 15.5 Å². The average Bonchev–Trinajstić information content (AvgIpc) is 3.48. The molecule has 2 N–H and O–H groups in total. The first-order valence-corrected chi connectivity index (χ1v) is 10.7. The molecule has 174 valence electrons. The molecule has 0 bridgehead atoms. The number of hydrogen-bond donors (Lipinski definition) is 2. The summed E-state index contributed by atoms with van der Waals surface area (Å²) in [6.07, 6.45) is 3.99. The molecule has 5 rings (SSSR count). The molecule has 1 saturated carbocycles. The molecule has 2 fully saturated rings. The second-order valence-electron chi connectivity index (χ2n) is 8.41. The Balaban J connectivity index is 1.37. The number of carbonyl (C=O) groups excluding carboxylic acids is 1. The molecule has 1 aromatic carbocycles. The number of hydrogen-bond acceptors (Lipinski definition) is 5. The maximum atomic E-state index is 14.4. The summed E-state index contributed by atoms with van der Waals surface area (Å²) in [4.78, 5) is 18.6. The summed E-state index contributed by atoms with van der Waals surface area (Å²) in [6.45, 7) is 0.584. The summed E-state index contributed by atoms with van der Waals surface area (Å²) in [6, 6.07) is 1.70. The van der Waals surface area contributed by atoms with Crippen molar-refractivity contribution in [2.24, 2.45) is 0 Å². The Morgan fingerprint density at radius 1 is 1.18 bits per heavy atom. The van der Waals surface area contributed by atoms with Crippen LogP contribution in [-0.2, 0) is 0 Å². The summed E-state index contributed by atoms with van der Waals surface area (Å²) < 4.78 is 56.4. The van der Waals surface area contributed by atoms with Crippen molar-refractivity contribution in [3.8, 4) is 0 Å². The van der Waals surface area contributed by atoms with Crippen LogP contribution in [0.4, 0.5) is 34.1 Å². The summed E-state index contributed by atoms with van der Waals surface area (Å²) in [5, 5.41) is 13.0. The van der Waals surface area contributed by atoms with Crippen LogP contribution in [0.1, 0.15) is 43.7 Å². The van der Waals surface area contributed by atoms with Crippen molar-refractivity contribution in [2.45, 2.75) is 50.1 Å². The molecule has 1 saturated heterocycles. The van der Waals surface area contributed by atoms with E-state index in [0.717, 1.165) is 18.6 Å². The third-order valence-electron chi connectivity index (χ3n) is 6.11. The molecule has 2 aromatic heterocycles. The minimum Gasteiger partial charge on any atom is -0.348 e. The van der Waals surface area contributed by atoms with E-state index in [4.69, 9.17) is 0 Å². The van der Waals surface area contributed by atoms with Crippen molar-refractivity contribution in [3.05, 3.63) is 47.8 Å². The second-order valence-corrected chi connectivity index (χ2v) is 8.41. The largest absolute Gasteiger partial charge is 0.348 e. The fraction of sp³-hybridized carbons (Fsp3) is 0.429. The standard InChI is InChI=1S/C21H21F4N7O/c22-12-3-4-15(23)14(8-12)16-2-1-7-31(16)18-11-32-17(10-26-18)29-30-19(32)28-20(33)27-13-5-6-21(24,25)9-13/h3-4,8,10-11,13,16H,1-2,5-7,9H2,(H2,27,28,30,33)/t13-,16-/m1/s1. The Labute approximate surface area is 186 Å². The highest BCUT2D eigenvalue weighted by atomic mass is 19.3. The van der Waals surface area contributed by atoms with E-state index >= 15 is 0 Å². The minimum absolute atomic E-state index is 0.0867. The molecule has 8 nitrogen and oxygen atoms in total. The fourth-order valence-electron chi connectivity index (χ4n) is 4.56. The van der Waals surface area contributed by atoms with Crippen LogP contribution in [0.25, 0.3) is 5.65 Å². The molecule has 2 aliphatic rings.